The minimum Gasteiger partial charge on any atom is -0.462 e. The maximum Gasteiger partial charge on any atom is 0.306 e. The highest BCUT2D eigenvalue weighted by Gasteiger charge is 2.19. The van der Waals surface area contributed by atoms with Crippen molar-refractivity contribution in [2.75, 3.05) is 13.2 Å². The number of allylic oxidation sites excluding steroid dienone is 6. The number of ether oxygens (including phenoxy) is 3. The fourth-order valence-corrected chi connectivity index (χ4v) is 10.2. The molecule has 0 saturated heterocycles. The van der Waals surface area contributed by atoms with E-state index in [1.165, 1.54) is 231 Å². The van der Waals surface area contributed by atoms with E-state index < -0.39 is 6.10 Å². The maximum atomic E-state index is 12.9. The van der Waals surface area contributed by atoms with Crippen molar-refractivity contribution < 1.29 is 28.6 Å². The summed E-state index contributed by atoms with van der Waals surface area (Å²) in [5.41, 5.74) is 0. The summed E-state index contributed by atoms with van der Waals surface area (Å²) in [6, 6.07) is 0. The van der Waals surface area contributed by atoms with Crippen LogP contribution in [-0.4, -0.2) is 37.2 Å². The van der Waals surface area contributed by atoms with E-state index in [0.29, 0.717) is 19.3 Å². The molecule has 0 fully saturated rings. The van der Waals surface area contributed by atoms with Crippen LogP contribution in [0.2, 0.25) is 0 Å². The molecule has 0 aliphatic carbocycles. The van der Waals surface area contributed by atoms with Crippen LogP contribution in [0.15, 0.2) is 36.5 Å². The molecule has 0 rings (SSSR count). The fraction of sp³-hybridized carbons (Fsp3) is 0.870. The first-order chi connectivity index (χ1) is 37.0. The average molecular weight is 1050 g/mol. The first-order valence-electron chi connectivity index (χ1n) is 33.5. The monoisotopic (exact) mass is 1050 g/mol. The summed E-state index contributed by atoms with van der Waals surface area (Å²) in [5, 5.41) is 0. The van der Waals surface area contributed by atoms with Gasteiger partial charge in [0.1, 0.15) is 13.2 Å². The lowest BCUT2D eigenvalue weighted by atomic mass is 10.0. The summed E-state index contributed by atoms with van der Waals surface area (Å²) < 4.78 is 16.9. The van der Waals surface area contributed by atoms with Gasteiger partial charge in [0.25, 0.3) is 0 Å². The molecule has 0 aliphatic heterocycles. The standard InChI is InChI=1S/C69H128O6/c1-4-7-10-13-16-19-22-24-26-27-28-29-30-31-32-33-34-35-36-37-38-39-40-41-43-44-47-50-53-56-59-62-68(71)74-65-66(64-73-67(70)61-58-55-52-49-46-21-18-15-12-9-6-3)75-69(72)63-60-57-54-51-48-45-42-25-23-20-17-14-11-8-5-2/h8,11,17,20,25,42,66H,4-7,9-10,12-16,18-19,21-24,26-41,43-65H2,1-3H3/b11-8-,20-17-,42-25-. The quantitative estimate of drug-likeness (QED) is 0.0261. The molecule has 0 heterocycles. The van der Waals surface area contributed by atoms with Crippen molar-refractivity contribution in [1.82, 2.24) is 0 Å². The van der Waals surface area contributed by atoms with Crippen molar-refractivity contribution in [3.05, 3.63) is 36.5 Å². The van der Waals surface area contributed by atoms with Gasteiger partial charge in [0.05, 0.1) is 0 Å². The molecular formula is C69H128O6. The number of esters is 3. The lowest BCUT2D eigenvalue weighted by Gasteiger charge is -2.18. The fourth-order valence-electron chi connectivity index (χ4n) is 10.2. The van der Waals surface area contributed by atoms with Crippen molar-refractivity contribution in [3.63, 3.8) is 0 Å². The number of carbonyl (C=O) groups excluding carboxylic acids is 3. The first-order valence-corrected chi connectivity index (χ1v) is 33.5. The van der Waals surface area contributed by atoms with Gasteiger partial charge in [-0.2, -0.15) is 0 Å². The van der Waals surface area contributed by atoms with Crippen LogP contribution in [0.5, 0.6) is 0 Å². The van der Waals surface area contributed by atoms with Crippen LogP contribution in [0.4, 0.5) is 0 Å². The second-order valence-corrected chi connectivity index (χ2v) is 22.7. The number of carbonyl (C=O) groups is 3. The summed E-state index contributed by atoms with van der Waals surface area (Å²) in [6.45, 7) is 6.56. The van der Waals surface area contributed by atoms with E-state index in [2.05, 4.69) is 57.2 Å². The Kier molecular flexibility index (Phi) is 62.1. The Morgan fingerprint density at radius 1 is 0.280 bits per heavy atom. The van der Waals surface area contributed by atoms with Crippen molar-refractivity contribution in [3.8, 4) is 0 Å². The van der Waals surface area contributed by atoms with Crippen LogP contribution >= 0.6 is 0 Å². The molecule has 0 saturated carbocycles. The minimum atomic E-state index is -0.777. The van der Waals surface area contributed by atoms with Gasteiger partial charge in [-0.1, -0.05) is 333 Å². The van der Waals surface area contributed by atoms with Crippen LogP contribution in [0, 0.1) is 0 Å². The average Bonchev–Trinajstić information content (AvgIpc) is 3.41. The summed E-state index contributed by atoms with van der Waals surface area (Å²) in [6.07, 6.45) is 79.0. The van der Waals surface area contributed by atoms with Gasteiger partial charge < -0.3 is 14.2 Å². The number of unbranched alkanes of at least 4 members (excludes halogenated alkanes) is 45. The van der Waals surface area contributed by atoms with Gasteiger partial charge in [0, 0.05) is 19.3 Å². The van der Waals surface area contributed by atoms with Gasteiger partial charge in [0.2, 0.25) is 0 Å². The highest BCUT2D eigenvalue weighted by Crippen LogP contribution is 2.18. The molecule has 75 heavy (non-hydrogen) atoms. The van der Waals surface area contributed by atoms with Gasteiger partial charge in [-0.3, -0.25) is 14.4 Å². The molecule has 1 unspecified atom stereocenters. The Labute approximate surface area is 467 Å². The third kappa shape index (κ3) is 62.4. The Balaban J connectivity index is 4.07. The Hall–Kier alpha value is -2.37. The number of hydrogen-bond acceptors (Lipinski definition) is 6. The maximum absolute atomic E-state index is 12.9. The molecule has 0 radical (unpaired) electrons. The number of rotatable bonds is 62. The zero-order valence-electron chi connectivity index (χ0n) is 50.6. The van der Waals surface area contributed by atoms with Gasteiger partial charge in [0.15, 0.2) is 6.10 Å². The van der Waals surface area contributed by atoms with Crippen LogP contribution in [0.25, 0.3) is 0 Å². The minimum absolute atomic E-state index is 0.0743. The molecule has 0 aromatic carbocycles. The molecule has 0 aromatic heterocycles. The molecule has 1 atom stereocenters. The molecule has 0 N–H and O–H groups in total. The normalized spacial score (nSPS) is 12.2. The summed E-state index contributed by atoms with van der Waals surface area (Å²) >= 11 is 0. The molecular weight excluding hydrogens is 925 g/mol. The van der Waals surface area contributed by atoms with Gasteiger partial charge >= 0.3 is 17.9 Å². The summed E-state index contributed by atoms with van der Waals surface area (Å²) in [5.74, 6) is -0.870. The third-order valence-corrected chi connectivity index (χ3v) is 15.2. The van der Waals surface area contributed by atoms with Crippen molar-refractivity contribution >= 4 is 17.9 Å². The van der Waals surface area contributed by atoms with E-state index >= 15 is 0 Å². The van der Waals surface area contributed by atoms with E-state index in [1.807, 2.05) is 0 Å². The highest BCUT2D eigenvalue weighted by atomic mass is 16.6. The molecule has 0 aliphatic rings. The van der Waals surface area contributed by atoms with Gasteiger partial charge in [-0.25, -0.2) is 0 Å². The Bertz CT molecular complexity index is 1250. The van der Waals surface area contributed by atoms with E-state index in [-0.39, 0.29) is 31.1 Å². The molecule has 0 bridgehead atoms. The highest BCUT2D eigenvalue weighted by molar-refractivity contribution is 5.71. The number of hydrogen-bond donors (Lipinski definition) is 0. The summed E-state index contributed by atoms with van der Waals surface area (Å²) in [4.78, 5) is 38.2. The van der Waals surface area contributed by atoms with E-state index in [9.17, 15) is 14.4 Å². The zero-order chi connectivity index (χ0) is 54.3. The topological polar surface area (TPSA) is 78.9 Å². The second-order valence-electron chi connectivity index (χ2n) is 22.7. The van der Waals surface area contributed by atoms with Crippen molar-refractivity contribution in [2.24, 2.45) is 0 Å². The van der Waals surface area contributed by atoms with E-state index in [0.717, 1.165) is 96.3 Å². The van der Waals surface area contributed by atoms with E-state index in [1.54, 1.807) is 0 Å². The summed E-state index contributed by atoms with van der Waals surface area (Å²) in [7, 11) is 0. The SMILES string of the molecule is CC/C=C\C/C=C\C/C=C\CCCCCCCC(=O)OC(COC(=O)CCCCCCCCCCCCC)COC(=O)CCCCCCCCCCCCCCCCCCCCCCCCCCCCCCCCC. The van der Waals surface area contributed by atoms with Crippen molar-refractivity contribution in [1.29, 1.82) is 0 Å². The lowest BCUT2D eigenvalue weighted by molar-refractivity contribution is -0.167. The second kappa shape index (κ2) is 64.2. The zero-order valence-corrected chi connectivity index (χ0v) is 50.6. The third-order valence-electron chi connectivity index (χ3n) is 15.2. The van der Waals surface area contributed by atoms with Crippen molar-refractivity contribution in [2.45, 2.75) is 374 Å². The molecule has 0 amide bonds. The molecule has 440 valence electrons. The largest absolute Gasteiger partial charge is 0.462 e. The van der Waals surface area contributed by atoms with Crippen LogP contribution in [0.3, 0.4) is 0 Å². The Morgan fingerprint density at radius 2 is 0.520 bits per heavy atom. The molecule has 0 spiro atoms. The molecule has 0 aromatic rings. The Morgan fingerprint density at radius 3 is 0.813 bits per heavy atom. The van der Waals surface area contributed by atoms with Crippen LogP contribution in [0.1, 0.15) is 367 Å². The molecule has 6 heteroatoms. The predicted octanol–water partition coefficient (Wildman–Crippen LogP) is 22.8. The first kappa shape index (κ1) is 72.6. The van der Waals surface area contributed by atoms with E-state index in [4.69, 9.17) is 14.2 Å². The molecule has 6 nitrogen and oxygen atoms in total. The van der Waals surface area contributed by atoms with Crippen LogP contribution < -0.4 is 0 Å². The van der Waals surface area contributed by atoms with Crippen LogP contribution in [-0.2, 0) is 28.6 Å². The predicted molar refractivity (Wildman–Crippen MR) is 326 cm³/mol. The lowest BCUT2D eigenvalue weighted by Crippen LogP contribution is -2.30. The van der Waals surface area contributed by atoms with Gasteiger partial charge in [-0.15, -0.1) is 0 Å². The smallest absolute Gasteiger partial charge is 0.306 e. The van der Waals surface area contributed by atoms with Gasteiger partial charge in [-0.05, 0) is 51.4 Å².